The van der Waals surface area contributed by atoms with E-state index in [-0.39, 0.29) is 24.2 Å². The minimum atomic E-state index is -0.991. The summed E-state index contributed by atoms with van der Waals surface area (Å²) in [6.45, 7) is 5.39. The van der Waals surface area contributed by atoms with Gasteiger partial charge in [0.1, 0.15) is 0 Å². The van der Waals surface area contributed by atoms with Gasteiger partial charge in [-0.15, -0.1) is 12.4 Å². The Balaban J connectivity index is 0.00000264. The molecular formula is C15H21Cl2N3O3. The van der Waals surface area contributed by atoms with E-state index in [1.54, 1.807) is 36.9 Å². The molecule has 0 bridgehead atoms. The molecule has 0 unspecified atom stereocenters. The minimum Gasteiger partial charge on any atom is -0.378 e. The third-order valence-electron chi connectivity index (χ3n) is 3.34. The zero-order valence-electron chi connectivity index (χ0n) is 13.1. The van der Waals surface area contributed by atoms with Crippen LogP contribution < -0.4 is 11.1 Å². The highest BCUT2D eigenvalue weighted by atomic mass is 35.5. The lowest BCUT2D eigenvalue weighted by Crippen LogP contribution is -2.45. The van der Waals surface area contributed by atoms with Crippen molar-refractivity contribution < 1.29 is 14.3 Å². The first-order chi connectivity index (χ1) is 10.3. The maximum Gasteiger partial charge on any atom is 0.255 e. The molecule has 0 saturated carbocycles. The molecule has 0 aliphatic carbocycles. The molecule has 2 amide bonds. The Morgan fingerprint density at radius 1 is 1.30 bits per heavy atom. The van der Waals surface area contributed by atoms with E-state index >= 15 is 0 Å². The number of morpholine rings is 1. The lowest BCUT2D eigenvalue weighted by molar-refractivity contribution is -0.120. The number of hydrogen-bond donors (Lipinski definition) is 2. The van der Waals surface area contributed by atoms with Crippen LogP contribution in [0.3, 0.4) is 0 Å². The fourth-order valence-corrected chi connectivity index (χ4v) is 2.26. The summed E-state index contributed by atoms with van der Waals surface area (Å²) >= 11 is 6.18. The molecular weight excluding hydrogens is 341 g/mol. The summed E-state index contributed by atoms with van der Waals surface area (Å²) in [7, 11) is 0. The number of hydrogen-bond acceptors (Lipinski definition) is 4. The van der Waals surface area contributed by atoms with Crippen molar-refractivity contribution in [2.75, 3.05) is 31.6 Å². The number of carbonyl (C=O) groups is 2. The average molecular weight is 362 g/mol. The second kappa shape index (κ2) is 7.97. The van der Waals surface area contributed by atoms with E-state index in [1.165, 1.54) is 0 Å². The molecule has 128 valence electrons. The van der Waals surface area contributed by atoms with Gasteiger partial charge in [0, 0.05) is 18.8 Å². The van der Waals surface area contributed by atoms with Crippen LogP contribution in [0, 0.1) is 0 Å². The lowest BCUT2D eigenvalue weighted by Gasteiger charge is -2.27. The number of halogens is 2. The van der Waals surface area contributed by atoms with Gasteiger partial charge in [0.2, 0.25) is 5.91 Å². The maximum atomic E-state index is 12.4. The van der Waals surface area contributed by atoms with Crippen molar-refractivity contribution in [3.05, 3.63) is 28.8 Å². The Hall–Kier alpha value is -1.34. The van der Waals surface area contributed by atoms with Crippen LogP contribution in [0.2, 0.25) is 5.02 Å². The molecule has 0 spiro atoms. The van der Waals surface area contributed by atoms with Gasteiger partial charge in [-0.05, 0) is 32.0 Å². The molecule has 1 aliphatic rings. The fourth-order valence-electron chi connectivity index (χ4n) is 2.00. The van der Waals surface area contributed by atoms with E-state index in [4.69, 9.17) is 22.1 Å². The van der Waals surface area contributed by atoms with Gasteiger partial charge >= 0.3 is 0 Å². The zero-order chi connectivity index (χ0) is 16.3. The van der Waals surface area contributed by atoms with Crippen molar-refractivity contribution in [2.24, 2.45) is 5.73 Å². The molecule has 1 aromatic rings. The summed E-state index contributed by atoms with van der Waals surface area (Å²) in [6, 6.07) is 4.81. The van der Waals surface area contributed by atoms with Crippen LogP contribution in [-0.2, 0) is 9.53 Å². The van der Waals surface area contributed by atoms with Gasteiger partial charge in [0.15, 0.2) is 0 Å². The minimum absolute atomic E-state index is 0. The number of rotatable bonds is 3. The number of nitrogens with one attached hydrogen (secondary N) is 1. The first-order valence-corrected chi connectivity index (χ1v) is 7.44. The van der Waals surface area contributed by atoms with Gasteiger partial charge in [-0.2, -0.15) is 0 Å². The second-order valence-corrected chi connectivity index (χ2v) is 6.18. The highest BCUT2D eigenvalue weighted by molar-refractivity contribution is 6.34. The fraction of sp³-hybridized carbons (Fsp3) is 0.467. The number of nitrogens with two attached hydrogens (primary N) is 1. The molecule has 8 heteroatoms. The molecule has 0 atom stereocenters. The molecule has 1 heterocycles. The van der Waals surface area contributed by atoms with E-state index in [0.717, 1.165) is 0 Å². The number of amides is 2. The number of anilines is 1. The van der Waals surface area contributed by atoms with Gasteiger partial charge in [0.05, 0.1) is 29.3 Å². The molecule has 0 radical (unpaired) electrons. The summed E-state index contributed by atoms with van der Waals surface area (Å²) in [5.74, 6) is -0.457. The molecule has 0 aromatic heterocycles. The molecule has 3 N–H and O–H groups in total. The number of ether oxygens (including phenoxy) is 1. The monoisotopic (exact) mass is 361 g/mol. The van der Waals surface area contributed by atoms with Crippen LogP contribution in [0.5, 0.6) is 0 Å². The number of nitrogens with zero attached hydrogens (tertiary/aromatic N) is 1. The van der Waals surface area contributed by atoms with Crippen molar-refractivity contribution in [1.82, 2.24) is 4.90 Å². The topological polar surface area (TPSA) is 84.7 Å². The van der Waals surface area contributed by atoms with Crippen LogP contribution >= 0.6 is 24.0 Å². The van der Waals surface area contributed by atoms with Crippen LogP contribution in [0.1, 0.15) is 24.2 Å². The summed E-state index contributed by atoms with van der Waals surface area (Å²) < 4.78 is 5.22. The SMILES string of the molecule is CC(C)(N)C(=O)Nc1ccc(C(=O)N2CCOCC2)c(Cl)c1.Cl. The van der Waals surface area contributed by atoms with E-state index in [2.05, 4.69) is 5.32 Å². The van der Waals surface area contributed by atoms with Crippen molar-refractivity contribution >= 4 is 41.5 Å². The predicted molar refractivity (Wildman–Crippen MR) is 92.3 cm³/mol. The molecule has 1 aromatic carbocycles. The third-order valence-corrected chi connectivity index (χ3v) is 3.65. The van der Waals surface area contributed by atoms with Crippen molar-refractivity contribution in [1.29, 1.82) is 0 Å². The Kier molecular flexibility index (Phi) is 6.83. The van der Waals surface area contributed by atoms with Crippen LogP contribution in [0.25, 0.3) is 0 Å². The van der Waals surface area contributed by atoms with Crippen molar-refractivity contribution in [3.63, 3.8) is 0 Å². The van der Waals surface area contributed by atoms with Gasteiger partial charge in [0.25, 0.3) is 5.91 Å². The third kappa shape index (κ3) is 5.07. The second-order valence-electron chi connectivity index (χ2n) is 5.78. The first-order valence-electron chi connectivity index (χ1n) is 7.06. The largest absolute Gasteiger partial charge is 0.378 e. The quantitative estimate of drug-likeness (QED) is 0.860. The van der Waals surface area contributed by atoms with Crippen molar-refractivity contribution in [3.8, 4) is 0 Å². The summed E-state index contributed by atoms with van der Waals surface area (Å²) in [5.41, 5.74) is 5.65. The van der Waals surface area contributed by atoms with E-state index in [0.29, 0.717) is 42.6 Å². The van der Waals surface area contributed by atoms with Crippen LogP contribution in [0.4, 0.5) is 5.69 Å². The normalized spacial score (nSPS) is 14.9. The number of carbonyl (C=O) groups excluding carboxylic acids is 2. The Bertz CT molecular complexity index is 582. The van der Waals surface area contributed by atoms with Gasteiger partial charge < -0.3 is 20.7 Å². The Morgan fingerprint density at radius 3 is 2.43 bits per heavy atom. The zero-order valence-corrected chi connectivity index (χ0v) is 14.7. The standard InChI is InChI=1S/C15H20ClN3O3.ClH/c1-15(2,17)14(21)18-10-3-4-11(12(16)9-10)13(20)19-5-7-22-8-6-19;/h3-4,9H,5-8,17H2,1-2H3,(H,18,21);1H. The lowest BCUT2D eigenvalue weighted by atomic mass is 10.1. The summed E-state index contributed by atoms with van der Waals surface area (Å²) in [5, 5.41) is 2.97. The highest BCUT2D eigenvalue weighted by Gasteiger charge is 2.23. The van der Waals surface area contributed by atoms with E-state index in [9.17, 15) is 9.59 Å². The maximum absolute atomic E-state index is 12.4. The van der Waals surface area contributed by atoms with Gasteiger partial charge in [-0.1, -0.05) is 11.6 Å². The molecule has 2 rings (SSSR count). The van der Waals surface area contributed by atoms with Crippen molar-refractivity contribution in [2.45, 2.75) is 19.4 Å². The number of benzene rings is 1. The molecule has 23 heavy (non-hydrogen) atoms. The van der Waals surface area contributed by atoms with Gasteiger partial charge in [-0.25, -0.2) is 0 Å². The Morgan fingerprint density at radius 2 is 1.91 bits per heavy atom. The molecule has 1 saturated heterocycles. The van der Waals surface area contributed by atoms with E-state index in [1.807, 2.05) is 0 Å². The summed E-state index contributed by atoms with van der Waals surface area (Å²) in [6.07, 6.45) is 0. The molecule has 1 aliphatic heterocycles. The average Bonchev–Trinajstić information content (AvgIpc) is 2.46. The van der Waals surface area contributed by atoms with Crippen LogP contribution in [0.15, 0.2) is 18.2 Å². The molecule has 6 nitrogen and oxygen atoms in total. The summed E-state index contributed by atoms with van der Waals surface area (Å²) in [4.78, 5) is 25.9. The molecule has 1 fully saturated rings. The Labute approximate surface area is 146 Å². The van der Waals surface area contributed by atoms with E-state index < -0.39 is 5.54 Å². The smallest absolute Gasteiger partial charge is 0.255 e. The first kappa shape index (κ1) is 19.7. The predicted octanol–water partition coefficient (Wildman–Crippen LogP) is 1.91. The highest BCUT2D eigenvalue weighted by Crippen LogP contribution is 2.23. The van der Waals surface area contributed by atoms with Gasteiger partial charge in [-0.3, -0.25) is 9.59 Å². The van der Waals surface area contributed by atoms with Crippen LogP contribution in [-0.4, -0.2) is 48.6 Å².